The van der Waals surface area contributed by atoms with Crippen molar-refractivity contribution in [3.63, 3.8) is 0 Å². The van der Waals surface area contributed by atoms with Crippen molar-refractivity contribution in [1.29, 1.82) is 0 Å². The minimum absolute atomic E-state index is 0. The molecule has 1 aliphatic heterocycles. The van der Waals surface area contributed by atoms with Crippen LogP contribution in [-0.4, -0.2) is 24.3 Å². The molecule has 0 fully saturated rings. The predicted octanol–water partition coefficient (Wildman–Crippen LogP) is 9.45. The fourth-order valence-electron chi connectivity index (χ4n) is 7.12. The second-order valence-electron chi connectivity index (χ2n) is 14.5. The van der Waals surface area contributed by atoms with Gasteiger partial charge in [0, 0.05) is 17.4 Å². The fraction of sp³-hybridized carbons (Fsp3) is 0.186. The van der Waals surface area contributed by atoms with Crippen LogP contribution >= 0.6 is 0 Å². The van der Waals surface area contributed by atoms with Gasteiger partial charge in [-0.2, -0.15) is 46.8 Å². The second kappa shape index (κ2) is 12.5. The molecule has 4 nitrogen and oxygen atoms in total. The van der Waals surface area contributed by atoms with Gasteiger partial charge in [0.05, 0.1) is 26.1 Å². The second-order valence-corrected chi connectivity index (χ2v) is 18.8. The Balaban J connectivity index is 0.00000378. The number of benzene rings is 5. The molecule has 7 aromatic rings. The molecule has 3 heterocycles. The molecule has 0 radical (unpaired) electrons. The van der Waals surface area contributed by atoms with Gasteiger partial charge >= 0.3 is 21.1 Å². The molecule has 6 heteroatoms. The van der Waals surface area contributed by atoms with Gasteiger partial charge in [-0.3, -0.25) is 0 Å². The van der Waals surface area contributed by atoms with Gasteiger partial charge in [0.2, 0.25) is 0 Å². The van der Waals surface area contributed by atoms with E-state index < -0.39 is 8.07 Å². The number of fused-ring (bicyclic) bond motifs is 4. The number of rotatable bonds is 5. The van der Waals surface area contributed by atoms with E-state index >= 15 is 0 Å². The van der Waals surface area contributed by atoms with Crippen LogP contribution in [0.1, 0.15) is 31.9 Å². The first kappa shape index (κ1) is 33.1. The van der Waals surface area contributed by atoms with E-state index in [1.54, 1.807) is 0 Å². The maximum Gasteiger partial charge on any atom is 2.00 e. The molecule has 8 rings (SSSR count). The summed E-state index contributed by atoms with van der Waals surface area (Å²) in [7, 11) is -2.24. The summed E-state index contributed by atoms with van der Waals surface area (Å²) in [5.74, 6) is 0.931. The number of aromatic nitrogens is 2. The fourth-order valence-corrected chi connectivity index (χ4v) is 9.29. The van der Waals surface area contributed by atoms with Crippen molar-refractivity contribution in [2.24, 2.45) is 0 Å². The third kappa shape index (κ3) is 5.63. The van der Waals surface area contributed by atoms with Crippen LogP contribution in [0.25, 0.3) is 27.6 Å². The molecule has 0 aliphatic carbocycles. The van der Waals surface area contributed by atoms with Crippen molar-refractivity contribution >= 4 is 63.0 Å². The summed E-state index contributed by atoms with van der Waals surface area (Å²) in [6.07, 6.45) is 1.94. The summed E-state index contributed by atoms with van der Waals surface area (Å²) >= 11 is 0. The smallest absolute Gasteiger partial charge is 0.345 e. The summed E-state index contributed by atoms with van der Waals surface area (Å²) in [4.78, 5) is 9.70. The van der Waals surface area contributed by atoms with Gasteiger partial charge in [-0.1, -0.05) is 93.6 Å². The molecule has 5 aromatic carbocycles. The molecule has 0 unspecified atom stereocenters. The zero-order valence-electron chi connectivity index (χ0n) is 28.9. The molecule has 2 aromatic heterocycles. The van der Waals surface area contributed by atoms with Crippen LogP contribution in [0.3, 0.4) is 0 Å². The van der Waals surface area contributed by atoms with Crippen LogP contribution in [0.4, 0.5) is 22.7 Å². The first-order valence-electron chi connectivity index (χ1n) is 16.8. The van der Waals surface area contributed by atoms with Crippen molar-refractivity contribution in [3.05, 3.63) is 145 Å². The maximum atomic E-state index is 4.89. The van der Waals surface area contributed by atoms with Crippen LogP contribution in [0.2, 0.25) is 13.1 Å². The number of para-hydroxylation sites is 4. The Morgan fingerprint density at radius 3 is 2.10 bits per heavy atom. The first-order valence-corrected chi connectivity index (χ1v) is 19.8. The normalized spacial score (nSPS) is 13.2. The van der Waals surface area contributed by atoms with Crippen molar-refractivity contribution in [2.75, 3.05) is 16.5 Å². The number of aryl methyl sites for hydroxylation is 1. The molecule has 1 aliphatic rings. The number of anilines is 4. The van der Waals surface area contributed by atoms with E-state index in [1.165, 1.54) is 49.3 Å². The van der Waals surface area contributed by atoms with E-state index in [0.29, 0.717) is 0 Å². The Morgan fingerprint density at radius 2 is 1.35 bits per heavy atom. The third-order valence-corrected chi connectivity index (χ3v) is 13.3. The molecule has 0 amide bonds. The topological polar surface area (TPSA) is 24.3 Å². The van der Waals surface area contributed by atoms with E-state index in [-0.39, 0.29) is 26.5 Å². The van der Waals surface area contributed by atoms with Crippen LogP contribution in [0.15, 0.2) is 121 Å². The molecular weight excluding hydrogens is 796 g/mol. The molecule has 0 atom stereocenters. The predicted molar refractivity (Wildman–Crippen MR) is 205 cm³/mol. The monoisotopic (exact) mass is 835 g/mol. The minimum Gasteiger partial charge on any atom is -0.345 e. The van der Waals surface area contributed by atoms with Gasteiger partial charge in [0.1, 0.15) is 5.82 Å². The zero-order chi connectivity index (χ0) is 33.2. The molecule has 246 valence electrons. The van der Waals surface area contributed by atoms with Crippen molar-refractivity contribution in [3.8, 4) is 5.82 Å². The number of hydrogen-bond donors (Lipinski definition) is 0. The average molecular weight is 836 g/mol. The summed E-state index contributed by atoms with van der Waals surface area (Å²) < 4.78 is 2.30. The van der Waals surface area contributed by atoms with E-state index in [1.807, 2.05) is 6.20 Å². The molecule has 0 bridgehead atoms. The number of pyridine rings is 1. The zero-order valence-corrected chi connectivity index (χ0v) is 32.1. The number of hydrogen-bond acceptors (Lipinski definition) is 3. The molecule has 0 saturated carbocycles. The van der Waals surface area contributed by atoms with Gasteiger partial charge in [0.15, 0.2) is 0 Å². The van der Waals surface area contributed by atoms with Gasteiger partial charge < -0.3 is 14.4 Å². The third-order valence-electron chi connectivity index (χ3n) is 9.99. The van der Waals surface area contributed by atoms with E-state index in [0.717, 1.165) is 29.2 Å². The Morgan fingerprint density at radius 1 is 0.673 bits per heavy atom. The molecule has 49 heavy (non-hydrogen) atoms. The molecular formula is C43H40N4PtSi. The summed E-state index contributed by atoms with van der Waals surface area (Å²) in [6.45, 7) is 14.5. The summed E-state index contributed by atoms with van der Waals surface area (Å²) in [5.41, 5.74) is 9.53. The average Bonchev–Trinajstić information content (AvgIpc) is 3.64. The van der Waals surface area contributed by atoms with Crippen LogP contribution in [-0.2, 0) is 26.5 Å². The molecule has 0 N–H and O–H groups in total. The van der Waals surface area contributed by atoms with E-state index in [2.05, 4.69) is 183 Å². The van der Waals surface area contributed by atoms with Crippen molar-refractivity contribution in [1.82, 2.24) is 9.55 Å². The van der Waals surface area contributed by atoms with Crippen LogP contribution < -0.4 is 20.2 Å². The Kier molecular flexibility index (Phi) is 8.41. The standard InChI is InChI=1S/C43H40N4Si.Pt/c1-30-14-7-9-18-37(30)46-29-45(39-20-11-12-21-40(39)46)32-15-13-16-33(27-32)48(5,6)34-22-23-36-35-17-8-10-19-38(35)47(41(36)28-34)42-26-31(24-25-44-42)43(2,3)4;/h7-26H,29H2,1-6H3;/q-2;+2. The summed E-state index contributed by atoms with van der Waals surface area (Å²) in [6, 6.07) is 49.5. The van der Waals surface area contributed by atoms with Gasteiger partial charge in [-0.25, -0.2) is 4.98 Å². The molecule has 0 saturated heterocycles. The Hall–Kier alpha value is -4.44. The van der Waals surface area contributed by atoms with Crippen molar-refractivity contribution in [2.45, 2.75) is 46.2 Å². The molecule has 0 spiro atoms. The van der Waals surface area contributed by atoms with Crippen molar-refractivity contribution < 1.29 is 21.1 Å². The SMILES string of the molecule is Cc1ccccc1N1CN(c2[c-]c([Si](C)(C)c3[c-]c4c(cc3)c3ccccc3n4-c3cc(C(C)(C)C)ccn3)ccc2)c2ccccc21.[Pt+2]. The van der Waals surface area contributed by atoms with Gasteiger partial charge in [0.25, 0.3) is 0 Å². The first-order chi connectivity index (χ1) is 23.1. The van der Waals surface area contributed by atoms with Crippen LogP contribution in [0, 0.1) is 19.1 Å². The van der Waals surface area contributed by atoms with Gasteiger partial charge in [-0.15, -0.1) is 11.5 Å². The maximum absolute atomic E-state index is 4.89. The van der Waals surface area contributed by atoms with E-state index in [4.69, 9.17) is 4.98 Å². The Bertz CT molecular complexity index is 2330. The van der Waals surface area contributed by atoms with E-state index in [9.17, 15) is 0 Å². The quantitative estimate of drug-likeness (QED) is 0.128. The van der Waals surface area contributed by atoms with Crippen LogP contribution in [0.5, 0.6) is 0 Å². The summed E-state index contributed by atoms with van der Waals surface area (Å²) in [5, 5.41) is 4.93. The van der Waals surface area contributed by atoms with Gasteiger partial charge in [-0.05, 0) is 65.3 Å². The number of nitrogens with zero attached hydrogens (tertiary/aromatic N) is 4. The minimum atomic E-state index is -2.24. The Labute approximate surface area is 305 Å². The largest absolute Gasteiger partial charge is 2.00 e.